The van der Waals surface area contributed by atoms with E-state index in [1.807, 2.05) is 67.7 Å². The summed E-state index contributed by atoms with van der Waals surface area (Å²) >= 11 is 0. The van der Waals surface area contributed by atoms with Crippen molar-refractivity contribution >= 4 is 6.03 Å². The van der Waals surface area contributed by atoms with Crippen molar-refractivity contribution in [2.45, 2.75) is 20.0 Å². The van der Waals surface area contributed by atoms with Crippen LogP contribution in [0.2, 0.25) is 0 Å². The van der Waals surface area contributed by atoms with E-state index in [0.717, 1.165) is 16.8 Å². The van der Waals surface area contributed by atoms with Gasteiger partial charge in [-0.1, -0.05) is 42.5 Å². The number of carbonyl (C=O) groups excluding carboxylic acids is 1. The van der Waals surface area contributed by atoms with Crippen molar-refractivity contribution in [3.05, 3.63) is 83.7 Å². The molecule has 0 fully saturated rings. The summed E-state index contributed by atoms with van der Waals surface area (Å²) in [7, 11) is 0. The number of carbonyl (C=O) groups is 1. The van der Waals surface area contributed by atoms with Gasteiger partial charge in [-0.25, -0.2) is 9.48 Å². The summed E-state index contributed by atoms with van der Waals surface area (Å²) in [5, 5.41) is 10.0. The lowest BCUT2D eigenvalue weighted by molar-refractivity contribution is 0.240. The molecule has 24 heavy (non-hydrogen) atoms. The van der Waals surface area contributed by atoms with E-state index in [-0.39, 0.29) is 6.03 Å². The summed E-state index contributed by atoms with van der Waals surface area (Å²) in [6.07, 6.45) is 3.67. The number of hydrogen-bond acceptors (Lipinski definition) is 2. The number of nitrogens with one attached hydrogen (secondary N) is 2. The molecule has 0 aliphatic heterocycles. The second kappa shape index (κ2) is 7.46. The lowest BCUT2D eigenvalue weighted by atomic mass is 10.1. The van der Waals surface area contributed by atoms with E-state index in [1.54, 1.807) is 10.9 Å². The normalized spacial score (nSPS) is 10.4. The summed E-state index contributed by atoms with van der Waals surface area (Å²) in [4.78, 5) is 11.9. The first kappa shape index (κ1) is 15.8. The van der Waals surface area contributed by atoms with Crippen molar-refractivity contribution in [1.82, 2.24) is 20.4 Å². The highest BCUT2D eigenvalue weighted by atomic mass is 16.2. The zero-order valence-electron chi connectivity index (χ0n) is 13.6. The number of benzene rings is 2. The molecule has 2 amide bonds. The smallest absolute Gasteiger partial charge is 0.315 e. The molecule has 0 aliphatic rings. The Morgan fingerprint density at radius 2 is 1.71 bits per heavy atom. The Labute approximate surface area is 141 Å². The van der Waals surface area contributed by atoms with Crippen LogP contribution in [0.15, 0.2) is 67.0 Å². The van der Waals surface area contributed by atoms with Crippen LogP contribution in [0.25, 0.3) is 5.69 Å². The van der Waals surface area contributed by atoms with Gasteiger partial charge < -0.3 is 10.6 Å². The maximum Gasteiger partial charge on any atom is 0.315 e. The number of nitrogens with zero attached hydrogens (tertiary/aromatic N) is 2. The molecule has 122 valence electrons. The van der Waals surface area contributed by atoms with Gasteiger partial charge in [0.2, 0.25) is 0 Å². The minimum absolute atomic E-state index is 0.189. The van der Waals surface area contributed by atoms with Gasteiger partial charge in [0, 0.05) is 24.8 Å². The van der Waals surface area contributed by atoms with Crippen molar-refractivity contribution in [3.63, 3.8) is 0 Å². The zero-order chi connectivity index (χ0) is 16.8. The van der Waals surface area contributed by atoms with E-state index in [9.17, 15) is 4.79 Å². The van der Waals surface area contributed by atoms with Crippen molar-refractivity contribution in [2.24, 2.45) is 0 Å². The van der Waals surface area contributed by atoms with Gasteiger partial charge in [0.05, 0.1) is 11.9 Å². The third-order valence-electron chi connectivity index (χ3n) is 3.81. The molecule has 0 radical (unpaired) electrons. The molecule has 0 spiro atoms. The third kappa shape index (κ3) is 4.01. The SMILES string of the molecule is Cc1ccccc1CNC(=O)NCc1cnn(-c2ccccc2)c1. The van der Waals surface area contributed by atoms with E-state index < -0.39 is 0 Å². The minimum Gasteiger partial charge on any atom is -0.334 e. The summed E-state index contributed by atoms with van der Waals surface area (Å²) in [6.45, 7) is 2.99. The zero-order valence-corrected chi connectivity index (χ0v) is 13.6. The third-order valence-corrected chi connectivity index (χ3v) is 3.81. The fourth-order valence-electron chi connectivity index (χ4n) is 2.40. The van der Waals surface area contributed by atoms with Crippen molar-refractivity contribution in [3.8, 4) is 5.69 Å². The second-order valence-corrected chi connectivity index (χ2v) is 5.59. The number of urea groups is 1. The van der Waals surface area contributed by atoms with Gasteiger partial charge in [-0.2, -0.15) is 5.10 Å². The molecule has 0 saturated carbocycles. The number of para-hydroxylation sites is 1. The van der Waals surface area contributed by atoms with E-state index in [2.05, 4.69) is 15.7 Å². The first-order chi connectivity index (χ1) is 11.7. The molecule has 1 aromatic heterocycles. The highest BCUT2D eigenvalue weighted by molar-refractivity contribution is 5.73. The fourth-order valence-corrected chi connectivity index (χ4v) is 2.40. The van der Waals surface area contributed by atoms with Gasteiger partial charge >= 0.3 is 6.03 Å². The summed E-state index contributed by atoms with van der Waals surface area (Å²) < 4.78 is 1.79. The predicted molar refractivity (Wildman–Crippen MR) is 93.8 cm³/mol. The predicted octanol–water partition coefficient (Wildman–Crippen LogP) is 3.18. The first-order valence-corrected chi connectivity index (χ1v) is 7.87. The molecule has 0 bridgehead atoms. The Morgan fingerprint density at radius 1 is 1.00 bits per heavy atom. The maximum atomic E-state index is 11.9. The maximum absolute atomic E-state index is 11.9. The monoisotopic (exact) mass is 320 g/mol. The van der Waals surface area contributed by atoms with E-state index in [1.165, 1.54) is 5.56 Å². The Hall–Kier alpha value is -3.08. The van der Waals surface area contributed by atoms with Crippen molar-refractivity contribution < 1.29 is 4.79 Å². The van der Waals surface area contributed by atoms with Gasteiger partial charge in [0.25, 0.3) is 0 Å². The topological polar surface area (TPSA) is 59.0 Å². The van der Waals surface area contributed by atoms with Crippen LogP contribution in [0.5, 0.6) is 0 Å². The first-order valence-electron chi connectivity index (χ1n) is 7.87. The number of amides is 2. The number of aromatic nitrogens is 2. The van der Waals surface area contributed by atoms with Gasteiger partial charge in [0.1, 0.15) is 0 Å². The summed E-state index contributed by atoms with van der Waals surface area (Å²) in [5.41, 5.74) is 4.23. The molecule has 2 aromatic carbocycles. The van der Waals surface area contributed by atoms with Crippen LogP contribution in [-0.4, -0.2) is 15.8 Å². The van der Waals surface area contributed by atoms with E-state index in [0.29, 0.717) is 13.1 Å². The van der Waals surface area contributed by atoms with Crippen LogP contribution in [0.4, 0.5) is 4.79 Å². The lowest BCUT2D eigenvalue weighted by Gasteiger charge is -2.08. The highest BCUT2D eigenvalue weighted by Gasteiger charge is 2.04. The molecule has 3 rings (SSSR count). The molecule has 0 unspecified atom stereocenters. The van der Waals surface area contributed by atoms with Crippen molar-refractivity contribution in [2.75, 3.05) is 0 Å². The van der Waals surface area contributed by atoms with Crippen LogP contribution in [0, 0.1) is 6.92 Å². The van der Waals surface area contributed by atoms with Crippen LogP contribution in [-0.2, 0) is 13.1 Å². The molecule has 0 aliphatic carbocycles. The molecule has 0 atom stereocenters. The number of hydrogen-bond donors (Lipinski definition) is 2. The van der Waals surface area contributed by atoms with Gasteiger partial charge in [-0.3, -0.25) is 0 Å². The van der Waals surface area contributed by atoms with Crippen LogP contribution < -0.4 is 10.6 Å². The fraction of sp³-hybridized carbons (Fsp3) is 0.158. The summed E-state index contributed by atoms with van der Waals surface area (Å²) in [5.74, 6) is 0. The van der Waals surface area contributed by atoms with Crippen LogP contribution >= 0.6 is 0 Å². The standard InChI is InChI=1S/C19H20N4O/c1-15-7-5-6-8-17(15)13-21-19(24)20-11-16-12-22-23(14-16)18-9-3-2-4-10-18/h2-10,12,14H,11,13H2,1H3,(H2,20,21,24). The minimum atomic E-state index is -0.189. The summed E-state index contributed by atoms with van der Waals surface area (Å²) in [6, 6.07) is 17.7. The molecule has 1 heterocycles. The van der Waals surface area contributed by atoms with E-state index in [4.69, 9.17) is 0 Å². The van der Waals surface area contributed by atoms with Crippen LogP contribution in [0.3, 0.4) is 0 Å². The number of aryl methyl sites for hydroxylation is 1. The van der Waals surface area contributed by atoms with Crippen molar-refractivity contribution in [1.29, 1.82) is 0 Å². The Balaban J connectivity index is 1.50. The second-order valence-electron chi connectivity index (χ2n) is 5.59. The lowest BCUT2D eigenvalue weighted by Crippen LogP contribution is -2.34. The van der Waals surface area contributed by atoms with Gasteiger partial charge in [0.15, 0.2) is 0 Å². The quantitative estimate of drug-likeness (QED) is 0.758. The molecular weight excluding hydrogens is 300 g/mol. The number of rotatable bonds is 5. The average Bonchev–Trinajstić information content (AvgIpc) is 3.09. The molecule has 5 heteroatoms. The van der Waals surface area contributed by atoms with Gasteiger partial charge in [-0.05, 0) is 30.2 Å². The molecule has 0 saturated heterocycles. The molecule has 5 nitrogen and oxygen atoms in total. The molecular formula is C19H20N4O. The molecule has 3 aromatic rings. The average molecular weight is 320 g/mol. The Kier molecular flexibility index (Phi) is 4.91. The Morgan fingerprint density at radius 3 is 2.50 bits per heavy atom. The molecule has 2 N–H and O–H groups in total. The van der Waals surface area contributed by atoms with Gasteiger partial charge in [-0.15, -0.1) is 0 Å². The highest BCUT2D eigenvalue weighted by Crippen LogP contribution is 2.08. The van der Waals surface area contributed by atoms with E-state index >= 15 is 0 Å². The van der Waals surface area contributed by atoms with Crippen LogP contribution in [0.1, 0.15) is 16.7 Å². The largest absolute Gasteiger partial charge is 0.334 e. The Bertz CT molecular complexity index is 811.